The number of fused-ring (bicyclic) bond motifs is 2. The summed E-state index contributed by atoms with van der Waals surface area (Å²) in [4.78, 5) is 21.6. The Morgan fingerprint density at radius 3 is 2.78 bits per heavy atom. The maximum atomic E-state index is 15.1. The van der Waals surface area contributed by atoms with Crippen LogP contribution in [0.15, 0.2) is 36.7 Å². The molecule has 9 nitrogen and oxygen atoms in total. The van der Waals surface area contributed by atoms with E-state index >= 15 is 4.39 Å². The summed E-state index contributed by atoms with van der Waals surface area (Å²) in [5.74, 6) is 0.611. The second-order valence-electron chi connectivity index (χ2n) is 9.27. The lowest BCUT2D eigenvalue weighted by atomic mass is 10.0. The van der Waals surface area contributed by atoms with Gasteiger partial charge in [0.1, 0.15) is 17.6 Å². The van der Waals surface area contributed by atoms with Crippen LogP contribution in [-0.2, 0) is 4.79 Å². The number of aromatic nitrogens is 3. The number of amides is 1. The molecular formula is C26H29FN6O3S. The molecule has 4 aromatic rings. The number of thiophene rings is 1. The molecule has 3 aromatic heterocycles. The van der Waals surface area contributed by atoms with Gasteiger partial charge in [0, 0.05) is 59.2 Å². The van der Waals surface area contributed by atoms with Crippen molar-refractivity contribution in [3.05, 3.63) is 48.2 Å². The zero-order valence-corrected chi connectivity index (χ0v) is 22.0. The first-order valence-electron chi connectivity index (χ1n) is 11.9. The molecule has 1 aromatic carbocycles. The summed E-state index contributed by atoms with van der Waals surface area (Å²) < 4.78 is 28.3. The number of nitrogen functional groups attached to an aromatic ring is 1. The van der Waals surface area contributed by atoms with Crippen LogP contribution in [0.1, 0.15) is 18.0 Å². The van der Waals surface area contributed by atoms with Crippen molar-refractivity contribution in [2.24, 2.45) is 0 Å². The van der Waals surface area contributed by atoms with Crippen molar-refractivity contribution in [3.63, 3.8) is 0 Å². The summed E-state index contributed by atoms with van der Waals surface area (Å²) in [6.45, 7) is 1.94. The first kappa shape index (κ1) is 25.0. The van der Waals surface area contributed by atoms with Crippen LogP contribution in [0.5, 0.6) is 11.5 Å². The minimum atomic E-state index is -0.443. The number of anilines is 1. The lowest BCUT2D eigenvalue weighted by Gasteiger charge is -2.14. The Morgan fingerprint density at radius 1 is 1.27 bits per heavy atom. The van der Waals surface area contributed by atoms with E-state index in [9.17, 15) is 4.79 Å². The third-order valence-corrected chi connectivity index (χ3v) is 7.82. The number of likely N-dealkylation sites (N-methyl/N-ethyl adjacent to an activating group) is 1. The minimum Gasteiger partial charge on any atom is -0.495 e. The Bertz CT molecular complexity index is 1510. The number of carbonyl (C=O) groups is 1. The number of likely N-dealkylation sites (tertiary alicyclic amines) is 1. The number of nitrogens with zero attached hydrogens (tertiary/aromatic N) is 5. The number of rotatable bonds is 7. The van der Waals surface area contributed by atoms with E-state index in [4.69, 9.17) is 15.2 Å². The average Bonchev–Trinajstić information content (AvgIpc) is 3.61. The Balaban J connectivity index is 1.55. The van der Waals surface area contributed by atoms with Gasteiger partial charge in [0.25, 0.3) is 0 Å². The fourth-order valence-electron chi connectivity index (χ4n) is 4.79. The van der Waals surface area contributed by atoms with E-state index in [-0.39, 0.29) is 17.6 Å². The maximum Gasteiger partial charge on any atom is 0.246 e. The molecule has 5 rings (SSSR count). The fraction of sp³-hybridized carbons (Fsp3) is 0.346. The summed E-state index contributed by atoms with van der Waals surface area (Å²) in [7, 11) is 6.89. The van der Waals surface area contributed by atoms with Gasteiger partial charge in [-0.1, -0.05) is 6.08 Å². The topological polar surface area (TPSA) is 98.2 Å². The molecule has 2 N–H and O–H groups in total. The van der Waals surface area contributed by atoms with Crippen molar-refractivity contribution >= 4 is 38.7 Å². The minimum absolute atomic E-state index is 0.000554. The lowest BCUT2D eigenvalue weighted by Crippen LogP contribution is -2.27. The van der Waals surface area contributed by atoms with Crippen LogP contribution in [0, 0.1) is 5.82 Å². The quantitative estimate of drug-likeness (QED) is 0.368. The van der Waals surface area contributed by atoms with Gasteiger partial charge in [-0.15, -0.1) is 11.3 Å². The fourth-order valence-corrected chi connectivity index (χ4v) is 5.96. The van der Waals surface area contributed by atoms with Crippen LogP contribution in [-0.4, -0.2) is 78.3 Å². The SMILES string of the molecule is COc1cc(OC)c2sc(-c3cc([C@@H]4CCN(C(=O)/C=C/CN(C)C)C4)n4ncnc(N)c34)cc2c1F. The summed E-state index contributed by atoms with van der Waals surface area (Å²) in [6.07, 6.45) is 5.74. The lowest BCUT2D eigenvalue weighted by molar-refractivity contribution is -0.125. The highest BCUT2D eigenvalue weighted by Gasteiger charge is 2.30. The molecule has 4 heterocycles. The van der Waals surface area contributed by atoms with Gasteiger partial charge in [-0.25, -0.2) is 13.9 Å². The van der Waals surface area contributed by atoms with E-state index in [1.807, 2.05) is 36.0 Å². The highest BCUT2D eigenvalue weighted by atomic mass is 32.1. The predicted molar refractivity (Wildman–Crippen MR) is 143 cm³/mol. The molecule has 11 heteroatoms. The number of nitrogens with two attached hydrogens (primary N) is 1. The molecule has 0 bridgehead atoms. The van der Waals surface area contributed by atoms with Crippen LogP contribution in [0.25, 0.3) is 26.0 Å². The monoisotopic (exact) mass is 524 g/mol. The molecule has 0 radical (unpaired) electrons. The number of hydrogen-bond donors (Lipinski definition) is 1. The molecule has 1 aliphatic heterocycles. The number of methoxy groups -OCH3 is 2. The Morgan fingerprint density at radius 2 is 2.05 bits per heavy atom. The third-order valence-electron chi connectivity index (χ3n) is 6.64. The van der Waals surface area contributed by atoms with Gasteiger partial charge in [0.05, 0.1) is 18.9 Å². The molecule has 0 unspecified atom stereocenters. The highest BCUT2D eigenvalue weighted by molar-refractivity contribution is 7.22. The van der Waals surface area contributed by atoms with E-state index in [2.05, 4.69) is 10.1 Å². The highest BCUT2D eigenvalue weighted by Crippen LogP contribution is 2.45. The van der Waals surface area contributed by atoms with Crippen LogP contribution in [0.2, 0.25) is 0 Å². The second-order valence-corrected chi connectivity index (χ2v) is 10.3. The van der Waals surface area contributed by atoms with E-state index in [1.165, 1.54) is 24.8 Å². The molecular weight excluding hydrogens is 495 g/mol. The molecule has 1 fully saturated rings. The Hall–Kier alpha value is -3.70. The van der Waals surface area contributed by atoms with Crippen LogP contribution < -0.4 is 15.2 Å². The molecule has 0 saturated carbocycles. The van der Waals surface area contributed by atoms with Crippen LogP contribution in [0.3, 0.4) is 0 Å². The van der Waals surface area contributed by atoms with Crippen molar-refractivity contribution in [2.45, 2.75) is 12.3 Å². The zero-order valence-electron chi connectivity index (χ0n) is 21.2. The van der Waals surface area contributed by atoms with Crippen molar-refractivity contribution in [1.82, 2.24) is 24.4 Å². The van der Waals surface area contributed by atoms with E-state index < -0.39 is 5.82 Å². The smallest absolute Gasteiger partial charge is 0.246 e. The van der Waals surface area contributed by atoms with Crippen molar-refractivity contribution in [2.75, 3.05) is 53.7 Å². The molecule has 1 saturated heterocycles. The maximum absolute atomic E-state index is 15.1. The number of carbonyl (C=O) groups excluding carboxylic acids is 1. The van der Waals surface area contributed by atoms with E-state index in [0.717, 1.165) is 22.6 Å². The molecule has 1 amide bonds. The van der Waals surface area contributed by atoms with Crippen molar-refractivity contribution < 1.29 is 18.7 Å². The number of hydrogen-bond acceptors (Lipinski definition) is 8. The summed E-state index contributed by atoms with van der Waals surface area (Å²) in [6, 6.07) is 5.37. The number of halogens is 1. The van der Waals surface area contributed by atoms with Gasteiger partial charge in [-0.3, -0.25) is 4.79 Å². The largest absolute Gasteiger partial charge is 0.495 e. The van der Waals surface area contributed by atoms with Gasteiger partial charge in [-0.05, 0) is 32.6 Å². The molecule has 1 aliphatic rings. The van der Waals surface area contributed by atoms with Crippen molar-refractivity contribution in [1.29, 1.82) is 0 Å². The first-order chi connectivity index (χ1) is 17.8. The molecule has 194 valence electrons. The summed E-state index contributed by atoms with van der Waals surface area (Å²) in [5.41, 5.74) is 8.73. The van der Waals surface area contributed by atoms with Gasteiger partial charge < -0.3 is 25.0 Å². The van der Waals surface area contributed by atoms with Gasteiger partial charge in [0.2, 0.25) is 5.91 Å². The zero-order chi connectivity index (χ0) is 26.3. The first-order valence-corrected chi connectivity index (χ1v) is 12.7. The summed E-state index contributed by atoms with van der Waals surface area (Å²) >= 11 is 1.41. The van der Waals surface area contributed by atoms with Gasteiger partial charge >= 0.3 is 0 Å². The van der Waals surface area contributed by atoms with Crippen LogP contribution >= 0.6 is 11.3 Å². The van der Waals surface area contributed by atoms with E-state index in [0.29, 0.717) is 46.8 Å². The van der Waals surface area contributed by atoms with Crippen LogP contribution in [0.4, 0.5) is 10.2 Å². The molecule has 1 atom stereocenters. The van der Waals surface area contributed by atoms with Gasteiger partial charge in [0.15, 0.2) is 17.4 Å². The third kappa shape index (κ3) is 4.49. The standard InChI is InChI=1S/C26H29FN6O3S/c1-31(2)8-5-6-22(34)32-9-7-15(13-32)18-10-16(24-26(28)29-14-30-33(18)24)21-11-17-23(27)19(35-3)12-20(36-4)25(17)37-21/h5-6,10-12,14-15H,7-9,13H2,1-4H3,(H2,28,29,30)/b6-5+/t15-/m1/s1. The average molecular weight is 525 g/mol. The molecule has 0 aliphatic carbocycles. The Labute approximate surface area is 217 Å². The van der Waals surface area contributed by atoms with Gasteiger partial charge in [-0.2, -0.15) is 5.10 Å². The Kier molecular flexibility index (Phi) is 6.74. The second kappa shape index (κ2) is 9.98. The summed E-state index contributed by atoms with van der Waals surface area (Å²) in [5, 5.41) is 4.90. The normalized spacial score (nSPS) is 16.1. The molecule has 37 heavy (non-hydrogen) atoms. The van der Waals surface area contributed by atoms with E-state index in [1.54, 1.807) is 29.8 Å². The molecule has 0 spiro atoms. The van der Waals surface area contributed by atoms with Crippen molar-refractivity contribution in [3.8, 4) is 21.9 Å². The predicted octanol–water partition coefficient (Wildman–Crippen LogP) is 3.78. The number of benzene rings is 1. The number of ether oxygens (including phenoxy) is 2.